The van der Waals surface area contributed by atoms with Crippen molar-refractivity contribution in [2.24, 2.45) is 11.8 Å². The highest BCUT2D eigenvalue weighted by Gasteiger charge is 2.24. The van der Waals surface area contributed by atoms with Crippen molar-refractivity contribution in [3.8, 4) is 49.4 Å². The first-order valence-corrected chi connectivity index (χ1v) is 4.98. The van der Waals surface area contributed by atoms with Crippen LogP contribution in [0.25, 0.3) is 0 Å². The van der Waals surface area contributed by atoms with E-state index in [2.05, 4.69) is 23.7 Å². The Morgan fingerprint density at radius 1 is 0.750 bits per heavy atom. The molecule has 0 unspecified atom stereocenters. The molecule has 0 saturated carbocycles. The number of Topliss-reactive ketones (excluding diaryl/α,β-unsaturated/α-hetero) is 1. The van der Waals surface area contributed by atoms with E-state index in [0.717, 1.165) is 0 Å². The fraction of sp³-hybridized carbons (Fsp3) is 0.400. The van der Waals surface area contributed by atoms with Crippen LogP contribution in [-0.4, -0.2) is 5.78 Å². The molecule has 16 heavy (non-hydrogen) atoms. The summed E-state index contributed by atoms with van der Waals surface area (Å²) in [5, 5.41) is 0. The summed E-state index contributed by atoms with van der Waals surface area (Å²) in [5.74, 6) is 9.17. The third-order valence-electron chi connectivity index (χ3n) is 2.26. The molecular formula is C15H14O. The zero-order valence-corrected chi connectivity index (χ0v) is 9.20. The first-order chi connectivity index (χ1) is 7.71. The predicted molar refractivity (Wildman–Crippen MR) is 65.8 cm³/mol. The number of hydrogen-bond donors (Lipinski definition) is 0. The van der Waals surface area contributed by atoms with Gasteiger partial charge < -0.3 is 0 Å². The summed E-state index contributed by atoms with van der Waals surface area (Å²) in [5.41, 5.74) is 0. The molecule has 0 fully saturated rings. The van der Waals surface area contributed by atoms with Gasteiger partial charge in [-0.05, 0) is 0 Å². The van der Waals surface area contributed by atoms with Gasteiger partial charge in [0.25, 0.3) is 0 Å². The quantitative estimate of drug-likeness (QED) is 0.612. The second kappa shape index (κ2) is 8.24. The summed E-state index contributed by atoms with van der Waals surface area (Å²) in [4.78, 5) is 12.0. The number of ketones is 1. The molecule has 0 aliphatic carbocycles. The SMILES string of the molecule is C#CCC(CC#C)C(=O)C(CC#C)CC#C. The van der Waals surface area contributed by atoms with E-state index in [4.69, 9.17) is 25.7 Å². The fourth-order valence-electron chi connectivity index (χ4n) is 1.45. The van der Waals surface area contributed by atoms with Crippen LogP contribution in [0.1, 0.15) is 25.7 Å². The molecule has 0 aromatic rings. The lowest BCUT2D eigenvalue weighted by Crippen LogP contribution is -2.23. The van der Waals surface area contributed by atoms with Gasteiger partial charge in [0, 0.05) is 37.5 Å². The fourth-order valence-corrected chi connectivity index (χ4v) is 1.45. The van der Waals surface area contributed by atoms with Crippen LogP contribution in [0.15, 0.2) is 0 Å². The third kappa shape index (κ3) is 4.42. The lowest BCUT2D eigenvalue weighted by molar-refractivity contribution is -0.126. The maximum Gasteiger partial charge on any atom is 0.142 e. The lowest BCUT2D eigenvalue weighted by Gasteiger charge is -2.16. The smallest absolute Gasteiger partial charge is 0.142 e. The van der Waals surface area contributed by atoms with Crippen LogP contribution in [0.2, 0.25) is 0 Å². The van der Waals surface area contributed by atoms with Gasteiger partial charge >= 0.3 is 0 Å². The van der Waals surface area contributed by atoms with Crippen LogP contribution in [0.4, 0.5) is 0 Å². The molecule has 0 amide bonds. The molecule has 0 bridgehead atoms. The Balaban J connectivity index is 4.70. The molecule has 0 aliphatic heterocycles. The van der Waals surface area contributed by atoms with Crippen LogP contribution < -0.4 is 0 Å². The molecule has 0 aliphatic rings. The van der Waals surface area contributed by atoms with Crippen molar-refractivity contribution in [3.05, 3.63) is 0 Å². The third-order valence-corrected chi connectivity index (χ3v) is 2.26. The molecule has 0 aromatic heterocycles. The van der Waals surface area contributed by atoms with E-state index in [-0.39, 0.29) is 17.6 Å². The number of carbonyl (C=O) groups is 1. The highest BCUT2D eigenvalue weighted by atomic mass is 16.1. The summed E-state index contributed by atoms with van der Waals surface area (Å²) >= 11 is 0. The maximum atomic E-state index is 12.0. The van der Waals surface area contributed by atoms with Gasteiger partial charge in [-0.15, -0.1) is 49.4 Å². The Kier molecular flexibility index (Phi) is 7.16. The van der Waals surface area contributed by atoms with E-state index in [9.17, 15) is 4.79 Å². The van der Waals surface area contributed by atoms with Crippen molar-refractivity contribution in [3.63, 3.8) is 0 Å². The highest BCUT2D eigenvalue weighted by Crippen LogP contribution is 2.19. The van der Waals surface area contributed by atoms with Crippen molar-refractivity contribution < 1.29 is 4.79 Å². The Bertz CT molecular complexity index is 319. The Morgan fingerprint density at radius 2 is 1.00 bits per heavy atom. The minimum atomic E-state index is -0.318. The minimum absolute atomic E-state index is 0.00759. The standard InChI is InChI=1S/C15H14O/c1-5-9-13(10-6-2)15(16)14(11-7-3)12-8-4/h1-4,13-14H,9-12H2. The van der Waals surface area contributed by atoms with Crippen LogP contribution in [0.5, 0.6) is 0 Å². The molecule has 1 heteroatoms. The van der Waals surface area contributed by atoms with Crippen LogP contribution in [0, 0.1) is 61.2 Å². The monoisotopic (exact) mass is 210 g/mol. The van der Waals surface area contributed by atoms with Crippen molar-refractivity contribution in [2.75, 3.05) is 0 Å². The molecule has 0 heterocycles. The first kappa shape index (κ1) is 13.9. The van der Waals surface area contributed by atoms with E-state index in [0.29, 0.717) is 25.7 Å². The normalized spacial score (nSPS) is 8.88. The van der Waals surface area contributed by atoms with E-state index in [1.165, 1.54) is 0 Å². The molecule has 80 valence electrons. The van der Waals surface area contributed by atoms with Gasteiger partial charge in [-0.25, -0.2) is 0 Å². The van der Waals surface area contributed by atoms with Gasteiger partial charge in [0.2, 0.25) is 0 Å². The molecular weight excluding hydrogens is 196 g/mol. The number of rotatable bonds is 6. The zero-order valence-electron chi connectivity index (χ0n) is 9.20. The van der Waals surface area contributed by atoms with Gasteiger partial charge in [-0.1, -0.05) is 0 Å². The first-order valence-electron chi connectivity index (χ1n) is 4.98. The van der Waals surface area contributed by atoms with E-state index < -0.39 is 0 Å². The second-order valence-electron chi connectivity index (χ2n) is 3.43. The topological polar surface area (TPSA) is 17.1 Å². The molecule has 1 nitrogen and oxygen atoms in total. The van der Waals surface area contributed by atoms with Crippen molar-refractivity contribution in [2.45, 2.75) is 25.7 Å². The van der Waals surface area contributed by atoms with Gasteiger partial charge in [0.1, 0.15) is 5.78 Å². The van der Waals surface area contributed by atoms with E-state index in [1.807, 2.05) is 0 Å². The average Bonchev–Trinajstić information content (AvgIpc) is 2.27. The van der Waals surface area contributed by atoms with Crippen molar-refractivity contribution in [1.82, 2.24) is 0 Å². The van der Waals surface area contributed by atoms with Crippen molar-refractivity contribution in [1.29, 1.82) is 0 Å². The van der Waals surface area contributed by atoms with Gasteiger partial charge in [-0.3, -0.25) is 4.79 Å². The molecule has 0 rings (SSSR count). The van der Waals surface area contributed by atoms with Crippen molar-refractivity contribution >= 4 is 5.78 Å². The molecule has 0 spiro atoms. The Labute approximate surface area is 98.0 Å². The Morgan fingerprint density at radius 3 is 1.19 bits per heavy atom. The molecule has 0 radical (unpaired) electrons. The van der Waals surface area contributed by atoms with Gasteiger partial charge in [0.15, 0.2) is 0 Å². The Hall–Kier alpha value is -2.09. The molecule has 0 atom stereocenters. The summed E-state index contributed by atoms with van der Waals surface area (Å²) in [6.45, 7) is 0. The van der Waals surface area contributed by atoms with E-state index in [1.54, 1.807) is 0 Å². The zero-order chi connectivity index (χ0) is 12.4. The summed E-state index contributed by atoms with van der Waals surface area (Å²) in [6.07, 6.45) is 22.1. The minimum Gasteiger partial charge on any atom is -0.299 e. The average molecular weight is 210 g/mol. The summed E-state index contributed by atoms with van der Waals surface area (Å²) < 4.78 is 0. The second-order valence-corrected chi connectivity index (χ2v) is 3.43. The largest absolute Gasteiger partial charge is 0.299 e. The number of terminal acetylenes is 4. The van der Waals surface area contributed by atoms with Crippen LogP contribution in [0.3, 0.4) is 0 Å². The van der Waals surface area contributed by atoms with Gasteiger partial charge in [-0.2, -0.15) is 0 Å². The van der Waals surface area contributed by atoms with Gasteiger partial charge in [0.05, 0.1) is 0 Å². The number of hydrogen-bond acceptors (Lipinski definition) is 1. The highest BCUT2D eigenvalue weighted by molar-refractivity contribution is 5.84. The summed E-state index contributed by atoms with van der Waals surface area (Å²) in [6, 6.07) is 0. The molecule has 0 saturated heterocycles. The molecule has 0 aromatic carbocycles. The summed E-state index contributed by atoms with van der Waals surface area (Å²) in [7, 11) is 0. The van der Waals surface area contributed by atoms with Crippen LogP contribution in [-0.2, 0) is 4.79 Å². The number of carbonyl (C=O) groups excluding carboxylic acids is 1. The van der Waals surface area contributed by atoms with Crippen LogP contribution >= 0.6 is 0 Å². The molecule has 0 N–H and O–H groups in total. The lowest BCUT2D eigenvalue weighted by atomic mass is 9.85. The maximum absolute atomic E-state index is 12.0. The predicted octanol–water partition coefficient (Wildman–Crippen LogP) is 1.88. The van der Waals surface area contributed by atoms with E-state index >= 15 is 0 Å².